The normalized spacial score (nSPS) is 9.73. The highest BCUT2D eigenvalue weighted by Gasteiger charge is 2.13. The van der Waals surface area contributed by atoms with Crippen LogP contribution in [0.5, 0.6) is 5.75 Å². The van der Waals surface area contributed by atoms with Gasteiger partial charge < -0.3 is 14.8 Å². The maximum atomic E-state index is 8.72. The van der Waals surface area contributed by atoms with E-state index in [1.165, 1.54) is 11.3 Å². The lowest BCUT2D eigenvalue weighted by Gasteiger charge is -1.95. The highest BCUT2D eigenvalue weighted by molar-refractivity contribution is 7.20. The minimum atomic E-state index is -1.38. The highest BCUT2D eigenvalue weighted by atomic mass is 32.1. The summed E-state index contributed by atoms with van der Waals surface area (Å²) in [6, 6.07) is 1.62. The standard InChI is InChI=1S/C6H9BO3S/c1-2-10-5-3-6(7(8)9)11-4-5/h3-4,8-9H,2H2,1H3. The summed E-state index contributed by atoms with van der Waals surface area (Å²) >= 11 is 1.27. The van der Waals surface area contributed by atoms with Gasteiger partial charge in [-0.15, -0.1) is 11.3 Å². The molecule has 0 radical (unpaired) electrons. The fourth-order valence-electron chi connectivity index (χ4n) is 0.712. The van der Waals surface area contributed by atoms with E-state index in [0.29, 0.717) is 17.1 Å². The van der Waals surface area contributed by atoms with Crippen molar-refractivity contribution in [2.24, 2.45) is 0 Å². The van der Waals surface area contributed by atoms with Gasteiger partial charge in [-0.2, -0.15) is 0 Å². The summed E-state index contributed by atoms with van der Waals surface area (Å²) in [4.78, 5) is 0. The average molecular weight is 172 g/mol. The molecule has 3 nitrogen and oxygen atoms in total. The van der Waals surface area contributed by atoms with Crippen molar-refractivity contribution in [3.05, 3.63) is 11.4 Å². The summed E-state index contributed by atoms with van der Waals surface area (Å²) in [5, 5.41) is 19.2. The largest absolute Gasteiger partial charge is 0.499 e. The van der Waals surface area contributed by atoms with E-state index in [9.17, 15) is 0 Å². The van der Waals surface area contributed by atoms with Crippen molar-refractivity contribution >= 4 is 23.2 Å². The van der Waals surface area contributed by atoms with Crippen molar-refractivity contribution in [2.75, 3.05) is 6.61 Å². The van der Waals surface area contributed by atoms with Crippen LogP contribution in [0, 0.1) is 0 Å². The van der Waals surface area contributed by atoms with Crippen LogP contribution in [-0.2, 0) is 0 Å². The first kappa shape index (κ1) is 8.58. The van der Waals surface area contributed by atoms with Crippen molar-refractivity contribution in [2.45, 2.75) is 6.92 Å². The molecule has 0 amide bonds. The first-order chi connectivity index (χ1) is 5.24. The number of rotatable bonds is 3. The van der Waals surface area contributed by atoms with E-state index in [2.05, 4.69) is 0 Å². The van der Waals surface area contributed by atoms with E-state index in [1.807, 2.05) is 6.92 Å². The van der Waals surface area contributed by atoms with Crippen LogP contribution in [0.1, 0.15) is 6.92 Å². The lowest BCUT2D eigenvalue weighted by Crippen LogP contribution is -2.26. The molecule has 1 aromatic rings. The van der Waals surface area contributed by atoms with Crippen molar-refractivity contribution in [3.8, 4) is 5.75 Å². The molecule has 0 saturated carbocycles. The molecule has 0 aliphatic heterocycles. The second-order valence-corrected chi connectivity index (χ2v) is 2.93. The molecule has 0 aromatic carbocycles. The average Bonchev–Trinajstić information content (AvgIpc) is 2.37. The maximum absolute atomic E-state index is 8.72. The zero-order valence-electron chi connectivity index (χ0n) is 6.15. The minimum Gasteiger partial charge on any atom is -0.493 e. The van der Waals surface area contributed by atoms with Gasteiger partial charge in [0.05, 0.1) is 6.61 Å². The predicted molar refractivity (Wildman–Crippen MR) is 45.3 cm³/mol. The van der Waals surface area contributed by atoms with Gasteiger partial charge in [-0.3, -0.25) is 0 Å². The van der Waals surface area contributed by atoms with Crippen LogP contribution in [0.4, 0.5) is 0 Å². The second kappa shape index (κ2) is 3.76. The van der Waals surface area contributed by atoms with Crippen LogP contribution in [0.3, 0.4) is 0 Å². The van der Waals surface area contributed by atoms with E-state index in [4.69, 9.17) is 14.8 Å². The third-order valence-electron chi connectivity index (χ3n) is 1.16. The molecule has 60 valence electrons. The van der Waals surface area contributed by atoms with Crippen molar-refractivity contribution in [1.82, 2.24) is 0 Å². The van der Waals surface area contributed by atoms with E-state index < -0.39 is 7.12 Å². The Labute approximate surface area is 69.4 Å². The molecule has 1 heterocycles. The molecule has 11 heavy (non-hydrogen) atoms. The number of thiophene rings is 1. The molecule has 0 fully saturated rings. The molecular weight excluding hydrogens is 163 g/mol. The SMILES string of the molecule is CCOc1csc(B(O)O)c1. The van der Waals surface area contributed by atoms with E-state index in [1.54, 1.807) is 11.4 Å². The van der Waals surface area contributed by atoms with Crippen LogP contribution in [0.2, 0.25) is 0 Å². The van der Waals surface area contributed by atoms with Crippen LogP contribution in [-0.4, -0.2) is 23.8 Å². The van der Waals surface area contributed by atoms with Crippen LogP contribution >= 0.6 is 11.3 Å². The topological polar surface area (TPSA) is 49.7 Å². The van der Waals surface area contributed by atoms with Crippen LogP contribution < -0.4 is 9.51 Å². The molecule has 0 aliphatic rings. The smallest absolute Gasteiger partial charge is 0.493 e. The van der Waals surface area contributed by atoms with Gasteiger partial charge in [-0.25, -0.2) is 0 Å². The molecule has 0 unspecified atom stereocenters. The fraction of sp³-hybridized carbons (Fsp3) is 0.333. The number of hydrogen-bond donors (Lipinski definition) is 2. The Balaban J connectivity index is 2.66. The Kier molecular flexibility index (Phi) is 2.93. The van der Waals surface area contributed by atoms with Gasteiger partial charge in [0.2, 0.25) is 0 Å². The first-order valence-corrected chi connectivity index (χ1v) is 4.19. The molecular formula is C6H9BO3S. The Morgan fingerprint density at radius 1 is 1.64 bits per heavy atom. The van der Waals surface area contributed by atoms with Gasteiger partial charge >= 0.3 is 7.12 Å². The second-order valence-electron chi connectivity index (χ2n) is 1.99. The van der Waals surface area contributed by atoms with Crippen molar-refractivity contribution in [3.63, 3.8) is 0 Å². The molecule has 1 rings (SSSR count). The Morgan fingerprint density at radius 3 is 2.82 bits per heavy atom. The molecule has 0 bridgehead atoms. The summed E-state index contributed by atoms with van der Waals surface area (Å²) in [5.74, 6) is 0.695. The molecule has 0 aliphatic carbocycles. The highest BCUT2D eigenvalue weighted by Crippen LogP contribution is 2.12. The monoisotopic (exact) mass is 172 g/mol. The van der Waals surface area contributed by atoms with Crippen molar-refractivity contribution < 1.29 is 14.8 Å². The van der Waals surface area contributed by atoms with Crippen molar-refractivity contribution in [1.29, 1.82) is 0 Å². The maximum Gasteiger partial charge on any atom is 0.499 e. The van der Waals surface area contributed by atoms with E-state index in [0.717, 1.165) is 0 Å². The first-order valence-electron chi connectivity index (χ1n) is 3.31. The van der Waals surface area contributed by atoms with Gasteiger partial charge in [0.15, 0.2) is 0 Å². The number of hydrogen-bond acceptors (Lipinski definition) is 4. The number of ether oxygens (including phenoxy) is 1. The Hall–Kier alpha value is -0.515. The molecule has 0 spiro atoms. The summed E-state index contributed by atoms with van der Waals surface area (Å²) in [6.07, 6.45) is 0. The molecule has 5 heteroatoms. The van der Waals surface area contributed by atoms with Crippen LogP contribution in [0.15, 0.2) is 11.4 Å². The van der Waals surface area contributed by atoms with Gasteiger partial charge in [-0.1, -0.05) is 0 Å². The third kappa shape index (κ3) is 2.22. The zero-order chi connectivity index (χ0) is 8.27. The van der Waals surface area contributed by atoms with E-state index in [-0.39, 0.29) is 0 Å². The van der Waals surface area contributed by atoms with Gasteiger partial charge in [0.1, 0.15) is 5.75 Å². The summed E-state index contributed by atoms with van der Waals surface area (Å²) in [6.45, 7) is 2.48. The third-order valence-corrected chi connectivity index (χ3v) is 2.11. The van der Waals surface area contributed by atoms with Gasteiger partial charge in [0.25, 0.3) is 0 Å². The predicted octanol–water partition coefficient (Wildman–Crippen LogP) is -0.173. The zero-order valence-corrected chi connectivity index (χ0v) is 6.97. The molecule has 0 saturated heterocycles. The lowest BCUT2D eigenvalue weighted by molar-refractivity contribution is 0.341. The summed E-state index contributed by atoms with van der Waals surface area (Å²) in [5.41, 5.74) is 0. The minimum absolute atomic E-state index is 0.508. The molecule has 2 N–H and O–H groups in total. The molecule has 1 aromatic heterocycles. The summed E-state index contributed by atoms with van der Waals surface area (Å²) < 4.78 is 5.63. The molecule has 0 atom stereocenters. The van der Waals surface area contributed by atoms with Gasteiger partial charge in [0, 0.05) is 10.2 Å². The lowest BCUT2D eigenvalue weighted by atomic mass is 9.90. The van der Waals surface area contributed by atoms with E-state index >= 15 is 0 Å². The van der Waals surface area contributed by atoms with Crippen LogP contribution in [0.25, 0.3) is 0 Å². The Morgan fingerprint density at radius 2 is 2.36 bits per heavy atom. The van der Waals surface area contributed by atoms with Gasteiger partial charge in [-0.05, 0) is 13.0 Å². The summed E-state index contributed by atoms with van der Waals surface area (Å²) in [7, 11) is -1.38. The Bertz CT molecular complexity index is 223. The fourth-order valence-corrected chi connectivity index (χ4v) is 1.41. The quantitative estimate of drug-likeness (QED) is 0.622.